The van der Waals surface area contributed by atoms with Crippen molar-refractivity contribution >= 4 is 28.2 Å². The van der Waals surface area contributed by atoms with Crippen LogP contribution < -0.4 is 10.6 Å². The van der Waals surface area contributed by atoms with Crippen molar-refractivity contribution in [2.45, 2.75) is 51.7 Å². The first kappa shape index (κ1) is 15.6. The summed E-state index contributed by atoms with van der Waals surface area (Å²) in [7, 11) is 0. The third-order valence-corrected chi connectivity index (χ3v) is 5.67. The van der Waals surface area contributed by atoms with E-state index in [1.807, 2.05) is 11.6 Å². The molecule has 7 nitrogen and oxygen atoms in total. The Morgan fingerprint density at radius 1 is 1.38 bits per heavy atom. The van der Waals surface area contributed by atoms with E-state index in [0.29, 0.717) is 24.4 Å². The fourth-order valence-corrected chi connectivity index (χ4v) is 4.33. The maximum Gasteiger partial charge on any atom is 0.325 e. The summed E-state index contributed by atoms with van der Waals surface area (Å²) in [6.45, 7) is 3.28. The zero-order chi connectivity index (χ0) is 16.5. The van der Waals surface area contributed by atoms with Crippen LogP contribution in [0.25, 0.3) is 0 Å². The van der Waals surface area contributed by atoms with Crippen molar-refractivity contribution in [3.05, 3.63) is 22.5 Å². The number of anilines is 2. The highest BCUT2D eigenvalue weighted by molar-refractivity contribution is 7.15. The van der Waals surface area contributed by atoms with Crippen LogP contribution >= 0.6 is 11.3 Å². The van der Waals surface area contributed by atoms with Gasteiger partial charge in [-0.2, -0.15) is 5.10 Å². The SMILES string of the molecule is Cc1c(NC(=O)Nc2nc3c(s2)COCC3)cnn1C1CCCC1. The molecule has 2 aliphatic rings. The number of carbonyl (C=O) groups excluding carboxylic acids is 1. The Kier molecular flexibility index (Phi) is 4.24. The number of carbonyl (C=O) groups is 1. The molecule has 128 valence electrons. The fraction of sp³-hybridized carbons (Fsp3) is 0.562. The molecule has 0 spiro atoms. The van der Waals surface area contributed by atoms with Gasteiger partial charge in [0.05, 0.1) is 47.4 Å². The molecule has 1 fully saturated rings. The normalized spacial score (nSPS) is 17.7. The van der Waals surface area contributed by atoms with Gasteiger partial charge in [-0.15, -0.1) is 0 Å². The van der Waals surface area contributed by atoms with Crippen molar-refractivity contribution in [2.75, 3.05) is 17.2 Å². The lowest BCUT2D eigenvalue weighted by Gasteiger charge is -2.12. The molecule has 8 heteroatoms. The van der Waals surface area contributed by atoms with E-state index in [0.717, 1.165) is 28.4 Å². The van der Waals surface area contributed by atoms with E-state index in [4.69, 9.17) is 4.74 Å². The molecule has 0 aromatic carbocycles. The standard InChI is InChI=1S/C16H21N5O2S/c1-10-13(8-17-21(10)11-4-2-3-5-11)18-15(22)20-16-19-12-6-7-23-9-14(12)24-16/h8,11H,2-7,9H2,1H3,(H2,18,19,20,22). The van der Waals surface area contributed by atoms with Crippen molar-refractivity contribution in [3.8, 4) is 0 Å². The molecule has 0 bridgehead atoms. The molecular weight excluding hydrogens is 326 g/mol. The Labute approximate surface area is 144 Å². The minimum atomic E-state index is -0.281. The zero-order valence-corrected chi connectivity index (χ0v) is 14.5. The summed E-state index contributed by atoms with van der Waals surface area (Å²) >= 11 is 1.48. The second-order valence-corrected chi connectivity index (χ2v) is 7.38. The molecule has 4 rings (SSSR count). The Morgan fingerprint density at radius 2 is 2.21 bits per heavy atom. The van der Waals surface area contributed by atoms with E-state index in [1.54, 1.807) is 6.20 Å². The van der Waals surface area contributed by atoms with Crippen LogP contribution in [-0.4, -0.2) is 27.4 Å². The monoisotopic (exact) mass is 347 g/mol. The highest BCUT2D eigenvalue weighted by Crippen LogP contribution is 2.32. The predicted octanol–water partition coefficient (Wildman–Crippen LogP) is 3.48. The Bertz CT molecular complexity index is 724. The van der Waals surface area contributed by atoms with E-state index in [9.17, 15) is 4.79 Å². The minimum Gasteiger partial charge on any atom is -0.375 e. The molecular formula is C16H21N5O2S. The lowest BCUT2D eigenvalue weighted by Crippen LogP contribution is -2.20. The van der Waals surface area contributed by atoms with Gasteiger partial charge in [0, 0.05) is 6.42 Å². The molecule has 1 saturated carbocycles. The number of hydrogen-bond acceptors (Lipinski definition) is 5. The second kappa shape index (κ2) is 6.52. The van der Waals surface area contributed by atoms with Gasteiger partial charge in [0.2, 0.25) is 0 Å². The number of nitrogens with zero attached hydrogens (tertiary/aromatic N) is 3. The molecule has 0 unspecified atom stereocenters. The number of aromatic nitrogens is 3. The number of hydrogen-bond donors (Lipinski definition) is 2. The zero-order valence-electron chi connectivity index (χ0n) is 13.7. The first-order chi connectivity index (χ1) is 11.7. The molecule has 0 atom stereocenters. The van der Waals surface area contributed by atoms with Crippen LogP contribution in [0.5, 0.6) is 0 Å². The fourth-order valence-electron chi connectivity index (χ4n) is 3.39. The summed E-state index contributed by atoms with van der Waals surface area (Å²) in [5.41, 5.74) is 2.79. The quantitative estimate of drug-likeness (QED) is 0.891. The van der Waals surface area contributed by atoms with Crippen molar-refractivity contribution in [2.24, 2.45) is 0 Å². The van der Waals surface area contributed by atoms with Gasteiger partial charge in [-0.1, -0.05) is 24.2 Å². The van der Waals surface area contributed by atoms with Gasteiger partial charge in [0.25, 0.3) is 0 Å². The maximum absolute atomic E-state index is 12.3. The largest absolute Gasteiger partial charge is 0.375 e. The number of amides is 2. The van der Waals surface area contributed by atoms with Crippen molar-refractivity contribution in [3.63, 3.8) is 0 Å². The van der Waals surface area contributed by atoms with E-state index in [1.165, 1.54) is 37.0 Å². The topological polar surface area (TPSA) is 81.1 Å². The van der Waals surface area contributed by atoms with Crippen LogP contribution in [0.3, 0.4) is 0 Å². The number of rotatable bonds is 3. The molecule has 0 saturated heterocycles. The van der Waals surface area contributed by atoms with Gasteiger partial charge in [0.15, 0.2) is 5.13 Å². The van der Waals surface area contributed by atoms with Crippen molar-refractivity contribution < 1.29 is 9.53 Å². The second-order valence-electron chi connectivity index (χ2n) is 6.30. The van der Waals surface area contributed by atoms with E-state index >= 15 is 0 Å². The molecule has 2 aromatic heterocycles. The lowest BCUT2D eigenvalue weighted by molar-refractivity contribution is 0.112. The molecule has 2 aromatic rings. The summed E-state index contributed by atoms with van der Waals surface area (Å²) in [4.78, 5) is 17.8. The van der Waals surface area contributed by atoms with Crippen LogP contribution in [0.4, 0.5) is 15.6 Å². The molecule has 2 amide bonds. The summed E-state index contributed by atoms with van der Waals surface area (Å²) < 4.78 is 7.45. The number of nitrogens with one attached hydrogen (secondary N) is 2. The number of urea groups is 1. The van der Waals surface area contributed by atoms with E-state index < -0.39 is 0 Å². The van der Waals surface area contributed by atoms with E-state index in [-0.39, 0.29) is 6.03 Å². The Hall–Kier alpha value is -1.93. The van der Waals surface area contributed by atoms with Crippen molar-refractivity contribution in [1.29, 1.82) is 0 Å². The van der Waals surface area contributed by atoms with Gasteiger partial charge in [-0.25, -0.2) is 9.78 Å². The van der Waals surface area contributed by atoms with Gasteiger partial charge in [-0.05, 0) is 19.8 Å². The van der Waals surface area contributed by atoms with Crippen LogP contribution in [0, 0.1) is 6.92 Å². The molecule has 2 N–H and O–H groups in total. The van der Waals surface area contributed by atoms with Gasteiger partial charge in [-0.3, -0.25) is 10.00 Å². The molecule has 1 aliphatic heterocycles. The van der Waals surface area contributed by atoms with Crippen LogP contribution in [0.2, 0.25) is 0 Å². The average molecular weight is 347 g/mol. The lowest BCUT2D eigenvalue weighted by atomic mass is 10.2. The number of thiazole rings is 1. The minimum absolute atomic E-state index is 0.281. The van der Waals surface area contributed by atoms with Crippen molar-refractivity contribution in [1.82, 2.24) is 14.8 Å². The first-order valence-corrected chi connectivity index (χ1v) is 9.21. The summed E-state index contributed by atoms with van der Waals surface area (Å²) in [6.07, 6.45) is 7.38. The van der Waals surface area contributed by atoms with Gasteiger partial charge < -0.3 is 10.1 Å². The molecule has 1 aliphatic carbocycles. The predicted molar refractivity (Wildman–Crippen MR) is 92.6 cm³/mol. The Balaban J connectivity index is 1.41. The summed E-state index contributed by atoms with van der Waals surface area (Å²) in [5.74, 6) is 0. The highest BCUT2D eigenvalue weighted by atomic mass is 32.1. The highest BCUT2D eigenvalue weighted by Gasteiger charge is 2.21. The van der Waals surface area contributed by atoms with Crippen LogP contribution in [0.1, 0.15) is 48.0 Å². The van der Waals surface area contributed by atoms with Gasteiger partial charge >= 0.3 is 6.03 Å². The smallest absolute Gasteiger partial charge is 0.325 e. The Morgan fingerprint density at radius 3 is 3.00 bits per heavy atom. The van der Waals surface area contributed by atoms with E-state index in [2.05, 4.69) is 20.7 Å². The van der Waals surface area contributed by atoms with Gasteiger partial charge in [0.1, 0.15) is 0 Å². The molecule has 24 heavy (non-hydrogen) atoms. The maximum atomic E-state index is 12.3. The van der Waals surface area contributed by atoms with Crippen LogP contribution in [0.15, 0.2) is 6.20 Å². The number of ether oxygens (including phenoxy) is 1. The third kappa shape index (κ3) is 3.03. The summed E-state index contributed by atoms with van der Waals surface area (Å²) in [5, 5.41) is 10.8. The molecule has 0 radical (unpaired) electrons. The average Bonchev–Trinajstić information content (AvgIpc) is 3.27. The first-order valence-electron chi connectivity index (χ1n) is 8.39. The van der Waals surface area contributed by atoms with Crippen LogP contribution in [-0.2, 0) is 17.8 Å². The molecule has 3 heterocycles. The summed E-state index contributed by atoms with van der Waals surface area (Å²) in [6, 6.07) is 0.186. The number of fused-ring (bicyclic) bond motifs is 1. The third-order valence-electron chi connectivity index (χ3n) is 4.68.